The first-order valence-corrected chi connectivity index (χ1v) is 9.10. The maximum Gasteiger partial charge on any atom is 0.319 e. The van der Waals surface area contributed by atoms with Crippen LogP contribution < -0.4 is 15.4 Å². The zero-order valence-corrected chi connectivity index (χ0v) is 16.3. The number of hydrogen-bond donors (Lipinski definition) is 2. The van der Waals surface area contributed by atoms with Crippen LogP contribution in [-0.4, -0.2) is 68.8 Å². The Morgan fingerprint density at radius 1 is 1.32 bits per heavy atom. The summed E-state index contributed by atoms with van der Waals surface area (Å²) in [5.41, 5.74) is 1.51. The number of aryl methyl sites for hydroxylation is 1. The van der Waals surface area contributed by atoms with Crippen molar-refractivity contribution in [2.24, 2.45) is 0 Å². The van der Waals surface area contributed by atoms with Gasteiger partial charge in [-0.2, -0.15) is 0 Å². The SMILES string of the molecule is COc1cc(Cl)c(C)cc1NC(=O)NCC[C@@H](C)N1CCN(C)CC1. The number of nitrogens with zero attached hydrogens (tertiary/aromatic N) is 2. The van der Waals surface area contributed by atoms with E-state index < -0.39 is 0 Å². The molecule has 2 rings (SSSR count). The fourth-order valence-electron chi connectivity index (χ4n) is 2.94. The molecule has 1 aromatic carbocycles. The summed E-state index contributed by atoms with van der Waals surface area (Å²) in [5.74, 6) is 0.552. The molecule has 1 atom stereocenters. The molecule has 1 heterocycles. The van der Waals surface area contributed by atoms with E-state index in [1.54, 1.807) is 13.2 Å². The average molecular weight is 369 g/mol. The molecule has 0 unspecified atom stereocenters. The smallest absolute Gasteiger partial charge is 0.319 e. The van der Waals surface area contributed by atoms with Gasteiger partial charge < -0.3 is 20.3 Å². The van der Waals surface area contributed by atoms with Crippen LogP contribution in [0.15, 0.2) is 12.1 Å². The lowest BCUT2D eigenvalue weighted by atomic mass is 10.1. The molecule has 1 aliphatic rings. The third-order valence-electron chi connectivity index (χ3n) is 4.74. The Kier molecular flexibility index (Phi) is 7.35. The van der Waals surface area contributed by atoms with E-state index in [-0.39, 0.29) is 6.03 Å². The van der Waals surface area contributed by atoms with E-state index in [2.05, 4.69) is 34.4 Å². The number of anilines is 1. The van der Waals surface area contributed by atoms with Crippen LogP contribution in [0.1, 0.15) is 18.9 Å². The van der Waals surface area contributed by atoms with Gasteiger partial charge in [0.15, 0.2) is 0 Å². The number of ether oxygens (including phenoxy) is 1. The van der Waals surface area contributed by atoms with Gasteiger partial charge in [-0.25, -0.2) is 4.79 Å². The van der Waals surface area contributed by atoms with Crippen LogP contribution in [0.5, 0.6) is 5.75 Å². The highest BCUT2D eigenvalue weighted by atomic mass is 35.5. The Bertz CT molecular complexity index is 589. The van der Waals surface area contributed by atoms with Crippen molar-refractivity contribution in [1.29, 1.82) is 0 Å². The van der Waals surface area contributed by atoms with Gasteiger partial charge in [-0.05, 0) is 38.9 Å². The van der Waals surface area contributed by atoms with Crippen LogP contribution in [-0.2, 0) is 0 Å². The number of nitrogens with one attached hydrogen (secondary N) is 2. The Labute approximate surface area is 155 Å². The molecule has 0 radical (unpaired) electrons. The van der Waals surface area contributed by atoms with Crippen molar-refractivity contribution in [2.75, 3.05) is 52.2 Å². The average Bonchev–Trinajstić information content (AvgIpc) is 2.58. The summed E-state index contributed by atoms with van der Waals surface area (Å²) in [6, 6.07) is 3.75. The molecule has 1 saturated heterocycles. The predicted molar refractivity (Wildman–Crippen MR) is 103 cm³/mol. The second kappa shape index (κ2) is 9.27. The molecular weight excluding hydrogens is 340 g/mol. The maximum atomic E-state index is 12.1. The van der Waals surface area contributed by atoms with E-state index in [4.69, 9.17) is 16.3 Å². The summed E-state index contributed by atoms with van der Waals surface area (Å²) in [5, 5.41) is 6.37. The minimum atomic E-state index is -0.231. The Morgan fingerprint density at radius 2 is 2.00 bits per heavy atom. The molecule has 1 fully saturated rings. The van der Waals surface area contributed by atoms with Crippen molar-refractivity contribution in [3.05, 3.63) is 22.7 Å². The quantitative estimate of drug-likeness (QED) is 0.810. The van der Waals surface area contributed by atoms with Crippen LogP contribution in [0.2, 0.25) is 5.02 Å². The molecule has 1 aromatic rings. The monoisotopic (exact) mass is 368 g/mol. The van der Waals surface area contributed by atoms with Crippen LogP contribution in [0.4, 0.5) is 10.5 Å². The highest BCUT2D eigenvalue weighted by Gasteiger charge is 2.19. The normalized spacial score (nSPS) is 17.2. The van der Waals surface area contributed by atoms with Gasteiger partial charge in [0, 0.05) is 49.9 Å². The summed E-state index contributed by atoms with van der Waals surface area (Å²) in [4.78, 5) is 17.0. The van der Waals surface area contributed by atoms with Crippen molar-refractivity contribution >= 4 is 23.3 Å². The van der Waals surface area contributed by atoms with E-state index in [9.17, 15) is 4.79 Å². The number of methoxy groups -OCH3 is 1. The second-order valence-electron chi connectivity index (χ2n) is 6.66. The fraction of sp³-hybridized carbons (Fsp3) is 0.611. The molecule has 2 amide bonds. The summed E-state index contributed by atoms with van der Waals surface area (Å²) in [6.07, 6.45) is 0.925. The number of urea groups is 1. The number of carbonyl (C=O) groups excluding carboxylic acids is 1. The second-order valence-corrected chi connectivity index (χ2v) is 7.07. The summed E-state index contributed by atoms with van der Waals surface area (Å²) in [6.45, 7) is 9.13. The number of rotatable bonds is 6. The number of piperazine rings is 1. The summed E-state index contributed by atoms with van der Waals surface area (Å²) < 4.78 is 5.28. The Morgan fingerprint density at radius 3 is 2.64 bits per heavy atom. The molecule has 0 bridgehead atoms. The van der Waals surface area contributed by atoms with Crippen molar-refractivity contribution in [1.82, 2.24) is 15.1 Å². The Hall–Kier alpha value is -1.50. The minimum Gasteiger partial charge on any atom is -0.495 e. The van der Waals surface area contributed by atoms with Crippen molar-refractivity contribution in [3.8, 4) is 5.75 Å². The summed E-state index contributed by atoms with van der Waals surface area (Å²) >= 11 is 6.09. The van der Waals surface area contributed by atoms with E-state index >= 15 is 0 Å². The first-order chi connectivity index (χ1) is 11.9. The molecule has 2 N–H and O–H groups in total. The number of amides is 2. The van der Waals surface area contributed by atoms with Crippen molar-refractivity contribution in [2.45, 2.75) is 26.3 Å². The number of benzene rings is 1. The van der Waals surface area contributed by atoms with Gasteiger partial charge in [0.25, 0.3) is 0 Å². The van der Waals surface area contributed by atoms with Gasteiger partial charge in [0.2, 0.25) is 0 Å². The molecule has 6 nitrogen and oxygen atoms in total. The zero-order chi connectivity index (χ0) is 18.4. The molecular formula is C18H29ClN4O2. The largest absolute Gasteiger partial charge is 0.495 e. The van der Waals surface area contributed by atoms with Gasteiger partial charge in [-0.3, -0.25) is 4.90 Å². The number of likely N-dealkylation sites (N-methyl/N-ethyl adjacent to an activating group) is 1. The third kappa shape index (κ3) is 5.76. The van der Waals surface area contributed by atoms with Crippen molar-refractivity contribution < 1.29 is 9.53 Å². The summed E-state index contributed by atoms with van der Waals surface area (Å²) in [7, 11) is 3.71. The fourth-order valence-corrected chi connectivity index (χ4v) is 3.09. The first kappa shape index (κ1) is 19.8. The first-order valence-electron chi connectivity index (χ1n) is 8.72. The van der Waals surface area contributed by atoms with Crippen LogP contribution in [0.25, 0.3) is 0 Å². The van der Waals surface area contributed by atoms with Gasteiger partial charge >= 0.3 is 6.03 Å². The third-order valence-corrected chi connectivity index (χ3v) is 5.15. The molecule has 1 aliphatic heterocycles. The van der Waals surface area contributed by atoms with Crippen molar-refractivity contribution in [3.63, 3.8) is 0 Å². The van der Waals surface area contributed by atoms with E-state index in [1.807, 2.05) is 13.0 Å². The molecule has 0 saturated carbocycles. The van der Waals surface area contributed by atoms with E-state index in [0.29, 0.717) is 29.0 Å². The van der Waals surface area contributed by atoms with Gasteiger partial charge in [0.05, 0.1) is 12.8 Å². The molecule has 0 spiro atoms. The highest BCUT2D eigenvalue weighted by Crippen LogP contribution is 2.30. The highest BCUT2D eigenvalue weighted by molar-refractivity contribution is 6.31. The molecule has 140 valence electrons. The lowest BCUT2D eigenvalue weighted by molar-refractivity contribution is 0.115. The lowest BCUT2D eigenvalue weighted by Crippen LogP contribution is -2.48. The lowest BCUT2D eigenvalue weighted by Gasteiger charge is -2.36. The van der Waals surface area contributed by atoms with E-state index in [0.717, 1.165) is 38.2 Å². The number of halogens is 1. The van der Waals surface area contributed by atoms with Gasteiger partial charge in [0.1, 0.15) is 5.75 Å². The molecule has 0 aliphatic carbocycles. The maximum absolute atomic E-state index is 12.1. The topological polar surface area (TPSA) is 56.8 Å². The Balaban J connectivity index is 1.78. The van der Waals surface area contributed by atoms with Crippen LogP contribution in [0, 0.1) is 6.92 Å². The zero-order valence-electron chi connectivity index (χ0n) is 15.6. The van der Waals surface area contributed by atoms with Gasteiger partial charge in [-0.1, -0.05) is 11.6 Å². The minimum absolute atomic E-state index is 0.231. The number of hydrogen-bond acceptors (Lipinski definition) is 4. The van der Waals surface area contributed by atoms with Gasteiger partial charge in [-0.15, -0.1) is 0 Å². The molecule has 0 aromatic heterocycles. The molecule has 7 heteroatoms. The van der Waals surface area contributed by atoms with E-state index in [1.165, 1.54) is 0 Å². The predicted octanol–water partition coefficient (Wildman–Crippen LogP) is 2.80. The van der Waals surface area contributed by atoms with Crippen LogP contribution in [0.3, 0.4) is 0 Å². The van der Waals surface area contributed by atoms with Crippen LogP contribution >= 0.6 is 11.6 Å². The molecule has 25 heavy (non-hydrogen) atoms. The number of carbonyl (C=O) groups is 1. The standard InChI is InChI=1S/C18H29ClN4O2/c1-13-11-16(17(25-4)12-15(13)19)21-18(24)20-6-5-14(2)23-9-7-22(3)8-10-23/h11-12,14H,5-10H2,1-4H3,(H2,20,21,24)/t14-/m1/s1.